The maximum Gasteiger partial charge on any atom is 0.254 e. The first-order valence-electron chi connectivity index (χ1n) is 4.94. The van der Waals surface area contributed by atoms with Crippen molar-refractivity contribution in [1.29, 1.82) is 0 Å². The van der Waals surface area contributed by atoms with Crippen molar-refractivity contribution >= 4 is 5.91 Å². The number of aryl methyl sites for hydroxylation is 1. The summed E-state index contributed by atoms with van der Waals surface area (Å²) in [6.07, 6.45) is 4.80. The molecule has 0 unspecified atom stereocenters. The molecule has 0 aromatic carbocycles. The van der Waals surface area contributed by atoms with Crippen molar-refractivity contribution in [1.82, 2.24) is 20.5 Å². The molecule has 0 radical (unpaired) electrons. The van der Waals surface area contributed by atoms with Gasteiger partial charge in [0.25, 0.3) is 5.91 Å². The SMILES string of the molecule is Cc1ccc(CNC(=O)c2cn[nH]c2)cn1. The molecule has 1 amide bonds. The standard InChI is InChI=1S/C11H12N4O/c1-8-2-3-9(4-12-8)5-13-11(16)10-6-14-15-7-10/h2-4,6-7H,5H2,1H3,(H,13,16)(H,14,15). The molecule has 0 spiro atoms. The number of nitrogens with one attached hydrogen (secondary N) is 2. The van der Waals surface area contributed by atoms with E-state index < -0.39 is 0 Å². The molecular weight excluding hydrogens is 204 g/mol. The number of carbonyl (C=O) groups excluding carboxylic acids is 1. The van der Waals surface area contributed by atoms with E-state index in [1.165, 1.54) is 6.20 Å². The predicted molar refractivity (Wildman–Crippen MR) is 58.7 cm³/mol. The van der Waals surface area contributed by atoms with Crippen molar-refractivity contribution in [2.45, 2.75) is 13.5 Å². The van der Waals surface area contributed by atoms with Gasteiger partial charge in [-0.15, -0.1) is 0 Å². The Morgan fingerprint density at radius 2 is 2.31 bits per heavy atom. The van der Waals surface area contributed by atoms with Crippen LogP contribution in [0.25, 0.3) is 0 Å². The molecular formula is C11H12N4O. The predicted octanol–water partition coefficient (Wildman–Crippen LogP) is 1.04. The third-order valence-electron chi connectivity index (χ3n) is 2.19. The summed E-state index contributed by atoms with van der Waals surface area (Å²) in [5.41, 5.74) is 2.47. The van der Waals surface area contributed by atoms with E-state index in [2.05, 4.69) is 20.5 Å². The van der Waals surface area contributed by atoms with Crippen LogP contribution in [-0.4, -0.2) is 21.1 Å². The van der Waals surface area contributed by atoms with E-state index in [-0.39, 0.29) is 5.91 Å². The Hall–Kier alpha value is -2.17. The lowest BCUT2D eigenvalue weighted by atomic mass is 10.2. The van der Waals surface area contributed by atoms with Gasteiger partial charge in [-0.25, -0.2) is 0 Å². The van der Waals surface area contributed by atoms with Crippen LogP contribution < -0.4 is 5.32 Å². The summed E-state index contributed by atoms with van der Waals surface area (Å²) in [6.45, 7) is 2.39. The molecule has 2 rings (SSSR count). The number of hydrogen-bond donors (Lipinski definition) is 2. The van der Waals surface area contributed by atoms with Crippen molar-refractivity contribution in [3.63, 3.8) is 0 Å². The average molecular weight is 216 g/mol. The van der Waals surface area contributed by atoms with Crippen molar-refractivity contribution < 1.29 is 4.79 Å². The molecule has 0 bridgehead atoms. The highest BCUT2D eigenvalue weighted by molar-refractivity contribution is 5.93. The Morgan fingerprint density at radius 1 is 1.44 bits per heavy atom. The molecule has 0 aliphatic rings. The second-order valence-corrected chi connectivity index (χ2v) is 3.48. The average Bonchev–Trinajstić information content (AvgIpc) is 2.81. The van der Waals surface area contributed by atoms with Crippen LogP contribution in [0.5, 0.6) is 0 Å². The molecule has 16 heavy (non-hydrogen) atoms. The fraction of sp³-hybridized carbons (Fsp3) is 0.182. The Bertz CT molecular complexity index is 461. The van der Waals surface area contributed by atoms with E-state index in [0.717, 1.165) is 11.3 Å². The second kappa shape index (κ2) is 4.57. The van der Waals surface area contributed by atoms with Gasteiger partial charge < -0.3 is 5.32 Å². The molecule has 2 N–H and O–H groups in total. The highest BCUT2D eigenvalue weighted by Crippen LogP contribution is 2.00. The normalized spacial score (nSPS) is 10.1. The van der Waals surface area contributed by atoms with Crippen LogP contribution in [0.1, 0.15) is 21.6 Å². The van der Waals surface area contributed by atoms with Gasteiger partial charge in [0.1, 0.15) is 0 Å². The van der Waals surface area contributed by atoms with Gasteiger partial charge in [-0.1, -0.05) is 6.07 Å². The molecule has 2 heterocycles. The number of aromatic amines is 1. The van der Waals surface area contributed by atoms with E-state index in [9.17, 15) is 4.79 Å². The van der Waals surface area contributed by atoms with Crippen LogP contribution in [0.3, 0.4) is 0 Å². The molecule has 0 aliphatic carbocycles. The minimum Gasteiger partial charge on any atom is -0.348 e. The quantitative estimate of drug-likeness (QED) is 0.805. The van der Waals surface area contributed by atoms with E-state index in [4.69, 9.17) is 0 Å². The zero-order chi connectivity index (χ0) is 11.4. The molecule has 82 valence electrons. The van der Waals surface area contributed by atoms with E-state index in [1.54, 1.807) is 12.4 Å². The molecule has 2 aromatic rings. The van der Waals surface area contributed by atoms with Gasteiger partial charge in [-0.3, -0.25) is 14.9 Å². The Balaban J connectivity index is 1.93. The van der Waals surface area contributed by atoms with Gasteiger partial charge in [0.05, 0.1) is 11.8 Å². The van der Waals surface area contributed by atoms with Gasteiger partial charge in [-0.2, -0.15) is 5.10 Å². The largest absolute Gasteiger partial charge is 0.348 e. The van der Waals surface area contributed by atoms with Crippen LogP contribution >= 0.6 is 0 Å². The summed E-state index contributed by atoms with van der Waals surface area (Å²) in [4.78, 5) is 15.7. The number of rotatable bonds is 3. The summed E-state index contributed by atoms with van der Waals surface area (Å²) in [5.74, 6) is -0.144. The lowest BCUT2D eigenvalue weighted by molar-refractivity contribution is 0.0951. The van der Waals surface area contributed by atoms with Gasteiger partial charge in [0.15, 0.2) is 0 Å². The lowest BCUT2D eigenvalue weighted by Gasteiger charge is -2.03. The van der Waals surface area contributed by atoms with E-state index >= 15 is 0 Å². The maximum atomic E-state index is 11.6. The second-order valence-electron chi connectivity index (χ2n) is 3.48. The van der Waals surface area contributed by atoms with Crippen LogP contribution in [0.4, 0.5) is 0 Å². The molecule has 2 aromatic heterocycles. The number of hydrogen-bond acceptors (Lipinski definition) is 3. The zero-order valence-corrected chi connectivity index (χ0v) is 8.90. The van der Waals surface area contributed by atoms with Crippen molar-refractivity contribution in [2.24, 2.45) is 0 Å². The van der Waals surface area contributed by atoms with Crippen LogP contribution in [0.15, 0.2) is 30.7 Å². The van der Waals surface area contributed by atoms with Crippen molar-refractivity contribution in [2.75, 3.05) is 0 Å². The number of nitrogens with zero attached hydrogens (tertiary/aromatic N) is 2. The Morgan fingerprint density at radius 3 is 2.94 bits per heavy atom. The van der Waals surface area contributed by atoms with Crippen LogP contribution in [0, 0.1) is 6.92 Å². The van der Waals surface area contributed by atoms with Gasteiger partial charge in [-0.05, 0) is 18.6 Å². The van der Waals surface area contributed by atoms with Crippen LogP contribution in [0.2, 0.25) is 0 Å². The van der Waals surface area contributed by atoms with Crippen molar-refractivity contribution in [3.8, 4) is 0 Å². The first-order chi connectivity index (χ1) is 7.75. The summed E-state index contributed by atoms with van der Waals surface area (Å²) < 4.78 is 0. The third kappa shape index (κ3) is 2.44. The number of H-pyrrole nitrogens is 1. The summed E-state index contributed by atoms with van der Waals surface area (Å²) in [7, 11) is 0. The van der Waals surface area contributed by atoms with Gasteiger partial charge >= 0.3 is 0 Å². The fourth-order valence-electron chi connectivity index (χ4n) is 1.26. The fourth-order valence-corrected chi connectivity index (χ4v) is 1.26. The Labute approximate surface area is 92.9 Å². The molecule has 0 saturated heterocycles. The van der Waals surface area contributed by atoms with Crippen LogP contribution in [-0.2, 0) is 6.54 Å². The summed E-state index contributed by atoms with van der Waals surface area (Å²) in [5, 5.41) is 9.09. The number of aromatic nitrogens is 3. The summed E-state index contributed by atoms with van der Waals surface area (Å²) >= 11 is 0. The highest BCUT2D eigenvalue weighted by Gasteiger charge is 2.05. The molecule has 5 nitrogen and oxygen atoms in total. The summed E-state index contributed by atoms with van der Waals surface area (Å²) in [6, 6.07) is 3.86. The maximum absolute atomic E-state index is 11.6. The molecule has 0 saturated carbocycles. The number of carbonyl (C=O) groups is 1. The van der Waals surface area contributed by atoms with E-state index in [0.29, 0.717) is 12.1 Å². The first-order valence-corrected chi connectivity index (χ1v) is 4.94. The van der Waals surface area contributed by atoms with Crippen molar-refractivity contribution in [3.05, 3.63) is 47.5 Å². The number of pyridine rings is 1. The monoisotopic (exact) mass is 216 g/mol. The highest BCUT2D eigenvalue weighted by atomic mass is 16.1. The van der Waals surface area contributed by atoms with Gasteiger partial charge in [0, 0.05) is 24.6 Å². The Kier molecular flexibility index (Phi) is 2.95. The van der Waals surface area contributed by atoms with E-state index in [1.807, 2.05) is 19.1 Å². The lowest BCUT2D eigenvalue weighted by Crippen LogP contribution is -2.22. The topological polar surface area (TPSA) is 70.7 Å². The first kappa shape index (κ1) is 10.4. The molecule has 0 aliphatic heterocycles. The van der Waals surface area contributed by atoms with Gasteiger partial charge in [0.2, 0.25) is 0 Å². The minimum atomic E-state index is -0.144. The molecule has 0 fully saturated rings. The molecule has 0 atom stereocenters. The minimum absolute atomic E-state index is 0.144. The number of amides is 1. The molecule has 5 heteroatoms. The third-order valence-corrected chi connectivity index (χ3v) is 2.19. The zero-order valence-electron chi connectivity index (χ0n) is 8.90. The smallest absolute Gasteiger partial charge is 0.254 e.